The topological polar surface area (TPSA) is 55.6 Å². The number of benzene rings is 1. The molecule has 0 spiro atoms. The highest BCUT2D eigenvalue weighted by molar-refractivity contribution is 5.98. The lowest BCUT2D eigenvalue weighted by Gasteiger charge is -2.18. The van der Waals surface area contributed by atoms with Gasteiger partial charge in [0.25, 0.3) is 0 Å². The van der Waals surface area contributed by atoms with Crippen molar-refractivity contribution >= 4 is 17.4 Å². The molecular formula is C20H23N3O2. The Balaban J connectivity index is 2.23. The first kappa shape index (κ1) is 17.0. The van der Waals surface area contributed by atoms with Gasteiger partial charge in [0.1, 0.15) is 22.9 Å². The molecule has 3 aromatic rings. The van der Waals surface area contributed by atoms with Crippen LogP contribution >= 0.6 is 0 Å². The Kier molecular flexibility index (Phi) is 4.25. The molecule has 0 radical (unpaired) electrons. The first-order chi connectivity index (χ1) is 11.8. The number of hydrogen-bond acceptors (Lipinski definition) is 3. The van der Waals surface area contributed by atoms with Gasteiger partial charge in [-0.25, -0.2) is 4.98 Å². The van der Waals surface area contributed by atoms with Crippen molar-refractivity contribution in [2.75, 3.05) is 12.4 Å². The molecule has 0 atom stereocenters. The van der Waals surface area contributed by atoms with Gasteiger partial charge in [-0.15, -0.1) is 0 Å². The minimum atomic E-state index is -0.507. The number of carbonyl (C=O) groups is 1. The fourth-order valence-corrected chi connectivity index (χ4v) is 2.59. The molecule has 5 nitrogen and oxygen atoms in total. The highest BCUT2D eigenvalue weighted by Gasteiger charge is 2.25. The summed E-state index contributed by atoms with van der Waals surface area (Å²) in [7, 11) is 1.63. The summed E-state index contributed by atoms with van der Waals surface area (Å²) in [6, 6.07) is 11.7. The Morgan fingerprint density at radius 1 is 1.20 bits per heavy atom. The molecule has 0 fully saturated rings. The summed E-state index contributed by atoms with van der Waals surface area (Å²) in [6.07, 6.45) is 1.93. The van der Waals surface area contributed by atoms with Gasteiger partial charge in [0, 0.05) is 17.2 Å². The van der Waals surface area contributed by atoms with Gasteiger partial charge in [-0.1, -0.05) is 32.9 Å². The van der Waals surface area contributed by atoms with Crippen molar-refractivity contribution in [2.45, 2.75) is 27.7 Å². The smallest absolute Gasteiger partial charge is 0.230 e. The van der Waals surface area contributed by atoms with Crippen LogP contribution in [-0.4, -0.2) is 22.4 Å². The van der Waals surface area contributed by atoms with E-state index in [4.69, 9.17) is 9.72 Å². The van der Waals surface area contributed by atoms with Gasteiger partial charge in [-0.05, 0) is 36.8 Å². The number of nitrogens with zero attached hydrogens (tertiary/aromatic N) is 2. The Bertz CT molecular complexity index is 936. The lowest BCUT2D eigenvalue weighted by atomic mass is 9.95. The van der Waals surface area contributed by atoms with Crippen molar-refractivity contribution in [3.8, 4) is 17.0 Å². The third-order valence-corrected chi connectivity index (χ3v) is 4.06. The second kappa shape index (κ2) is 6.24. The number of aryl methyl sites for hydroxylation is 1. The molecule has 0 bridgehead atoms. The molecule has 0 saturated heterocycles. The number of ether oxygens (including phenoxy) is 1. The predicted molar refractivity (Wildman–Crippen MR) is 100 cm³/mol. The van der Waals surface area contributed by atoms with Crippen LogP contribution in [0, 0.1) is 12.3 Å². The fourth-order valence-electron chi connectivity index (χ4n) is 2.59. The number of aromatic nitrogens is 2. The van der Waals surface area contributed by atoms with Crippen LogP contribution in [0.15, 0.2) is 42.6 Å². The monoisotopic (exact) mass is 337 g/mol. The minimum Gasteiger partial charge on any atom is -0.496 e. The van der Waals surface area contributed by atoms with E-state index in [1.54, 1.807) is 7.11 Å². The summed E-state index contributed by atoms with van der Waals surface area (Å²) in [6.45, 7) is 7.68. The number of pyridine rings is 1. The first-order valence-corrected chi connectivity index (χ1v) is 8.25. The number of carbonyl (C=O) groups excluding carboxylic acids is 1. The lowest BCUT2D eigenvalue weighted by Crippen LogP contribution is -2.28. The average Bonchev–Trinajstić information content (AvgIpc) is 2.91. The van der Waals surface area contributed by atoms with Crippen LogP contribution in [0.4, 0.5) is 5.82 Å². The zero-order chi connectivity index (χ0) is 18.2. The molecule has 0 unspecified atom stereocenters. The number of hydrogen-bond donors (Lipinski definition) is 1. The van der Waals surface area contributed by atoms with Crippen LogP contribution in [0.2, 0.25) is 0 Å². The van der Waals surface area contributed by atoms with Gasteiger partial charge in [0.2, 0.25) is 5.91 Å². The maximum atomic E-state index is 12.6. The quantitative estimate of drug-likeness (QED) is 0.775. The van der Waals surface area contributed by atoms with Gasteiger partial charge < -0.3 is 10.1 Å². The van der Waals surface area contributed by atoms with E-state index in [1.807, 2.05) is 74.7 Å². The number of anilines is 1. The third-order valence-electron chi connectivity index (χ3n) is 4.06. The summed E-state index contributed by atoms with van der Waals surface area (Å²) in [5, 5.41) is 3.05. The normalized spacial score (nSPS) is 11.6. The zero-order valence-electron chi connectivity index (χ0n) is 15.3. The van der Waals surface area contributed by atoms with E-state index in [1.165, 1.54) is 0 Å². The van der Waals surface area contributed by atoms with Gasteiger partial charge in [0.05, 0.1) is 7.11 Å². The Hall–Kier alpha value is -2.82. The largest absolute Gasteiger partial charge is 0.496 e. The van der Waals surface area contributed by atoms with E-state index >= 15 is 0 Å². The molecule has 25 heavy (non-hydrogen) atoms. The van der Waals surface area contributed by atoms with Crippen molar-refractivity contribution in [1.82, 2.24) is 9.38 Å². The number of nitrogens with one attached hydrogen (secondary N) is 1. The Morgan fingerprint density at radius 2 is 1.92 bits per heavy atom. The molecule has 0 aliphatic carbocycles. The van der Waals surface area contributed by atoms with E-state index in [2.05, 4.69) is 5.32 Å². The van der Waals surface area contributed by atoms with Crippen LogP contribution in [0.5, 0.6) is 5.75 Å². The zero-order valence-corrected chi connectivity index (χ0v) is 15.3. The van der Waals surface area contributed by atoms with Crippen LogP contribution in [0.25, 0.3) is 16.9 Å². The van der Waals surface area contributed by atoms with E-state index in [-0.39, 0.29) is 5.91 Å². The molecule has 2 heterocycles. The number of para-hydroxylation sites is 1. The number of rotatable bonds is 3. The second-order valence-electron chi connectivity index (χ2n) is 7.15. The molecule has 1 N–H and O–H groups in total. The first-order valence-electron chi connectivity index (χ1n) is 8.25. The summed E-state index contributed by atoms with van der Waals surface area (Å²) in [4.78, 5) is 17.4. The van der Waals surface area contributed by atoms with Crippen molar-refractivity contribution in [3.63, 3.8) is 0 Å². The highest BCUT2D eigenvalue weighted by Crippen LogP contribution is 2.35. The standard InChI is InChI=1S/C20H23N3O2/c1-13-10-11-23-16(12-13)21-17(14-8-6-7-9-15(14)25-5)18(23)22-19(24)20(2,3)4/h6-12H,1-5H3,(H,22,24). The van der Waals surface area contributed by atoms with Crippen LogP contribution < -0.4 is 10.1 Å². The van der Waals surface area contributed by atoms with Crippen LogP contribution in [0.3, 0.4) is 0 Å². The Labute approximate surface area is 147 Å². The summed E-state index contributed by atoms with van der Waals surface area (Å²) in [5.41, 5.74) is 2.92. The maximum absolute atomic E-state index is 12.6. The Morgan fingerprint density at radius 3 is 2.60 bits per heavy atom. The average molecular weight is 337 g/mol. The number of imidazole rings is 1. The van der Waals surface area contributed by atoms with Crippen LogP contribution in [-0.2, 0) is 4.79 Å². The molecule has 0 saturated carbocycles. The second-order valence-corrected chi connectivity index (χ2v) is 7.15. The maximum Gasteiger partial charge on any atom is 0.230 e. The number of fused-ring (bicyclic) bond motifs is 1. The predicted octanol–water partition coefficient (Wildman–Crippen LogP) is 4.30. The molecule has 130 valence electrons. The molecule has 3 rings (SSSR count). The molecule has 1 amide bonds. The van der Waals surface area contributed by atoms with E-state index in [9.17, 15) is 4.79 Å². The third kappa shape index (κ3) is 3.22. The van der Waals surface area contributed by atoms with Gasteiger partial charge in [0.15, 0.2) is 0 Å². The van der Waals surface area contributed by atoms with Gasteiger partial charge in [-0.3, -0.25) is 9.20 Å². The van der Waals surface area contributed by atoms with E-state index < -0.39 is 5.41 Å². The molecular weight excluding hydrogens is 314 g/mol. The molecule has 5 heteroatoms. The molecule has 2 aromatic heterocycles. The number of methoxy groups -OCH3 is 1. The molecule has 1 aromatic carbocycles. The van der Waals surface area contributed by atoms with Crippen molar-refractivity contribution in [2.24, 2.45) is 5.41 Å². The molecule has 0 aliphatic rings. The summed E-state index contributed by atoms with van der Waals surface area (Å²) < 4.78 is 7.39. The van der Waals surface area contributed by atoms with Crippen molar-refractivity contribution in [1.29, 1.82) is 0 Å². The molecule has 0 aliphatic heterocycles. The lowest BCUT2D eigenvalue weighted by molar-refractivity contribution is -0.123. The van der Waals surface area contributed by atoms with E-state index in [0.717, 1.165) is 16.8 Å². The SMILES string of the molecule is COc1ccccc1-c1nc2cc(C)ccn2c1NC(=O)C(C)(C)C. The summed E-state index contributed by atoms with van der Waals surface area (Å²) >= 11 is 0. The van der Waals surface area contributed by atoms with Crippen molar-refractivity contribution < 1.29 is 9.53 Å². The van der Waals surface area contributed by atoms with E-state index in [0.29, 0.717) is 17.3 Å². The van der Waals surface area contributed by atoms with Crippen molar-refractivity contribution in [3.05, 3.63) is 48.2 Å². The number of amides is 1. The van der Waals surface area contributed by atoms with Gasteiger partial charge >= 0.3 is 0 Å². The van der Waals surface area contributed by atoms with Gasteiger partial charge in [-0.2, -0.15) is 0 Å². The van der Waals surface area contributed by atoms with Crippen LogP contribution in [0.1, 0.15) is 26.3 Å². The fraction of sp³-hybridized carbons (Fsp3) is 0.300. The minimum absolute atomic E-state index is 0.0639. The summed E-state index contributed by atoms with van der Waals surface area (Å²) in [5.74, 6) is 1.30. The highest BCUT2D eigenvalue weighted by atomic mass is 16.5.